The maximum absolute atomic E-state index is 12.3. The van der Waals surface area contributed by atoms with E-state index in [1.54, 1.807) is 18.2 Å². The molecule has 132 valence electrons. The van der Waals surface area contributed by atoms with Gasteiger partial charge in [0, 0.05) is 22.9 Å². The Kier molecular flexibility index (Phi) is 4.50. The van der Waals surface area contributed by atoms with Gasteiger partial charge in [-0.05, 0) is 43.4 Å². The van der Waals surface area contributed by atoms with Crippen molar-refractivity contribution in [2.45, 2.75) is 6.92 Å². The first-order valence-corrected chi connectivity index (χ1v) is 7.84. The largest absolute Gasteiger partial charge is 0.332 e. The summed E-state index contributed by atoms with van der Waals surface area (Å²) in [5.74, 6) is -0.556. The number of fused-ring (bicyclic) bond motifs is 1. The fourth-order valence-corrected chi connectivity index (χ4v) is 2.72. The fourth-order valence-electron chi connectivity index (χ4n) is 2.51. The van der Waals surface area contributed by atoms with Crippen molar-refractivity contribution >= 4 is 45.6 Å². The number of imidazole rings is 1. The standard InChI is InChI=1S/C16H13N5O4S/c1-8-10(3-2-4-13(8)21(24)25)14(22)20-16(26)17-9-5-6-11-12(7-9)19-15(23)18-11/h2-7H,1H3,(H2,18,19,23)(H2,17,20,22,26). The molecular formula is C16H13N5O4S. The molecule has 4 N–H and O–H groups in total. The minimum atomic E-state index is -0.556. The normalized spacial score (nSPS) is 10.5. The zero-order chi connectivity index (χ0) is 18.8. The molecule has 0 radical (unpaired) electrons. The molecule has 0 aliphatic heterocycles. The highest BCUT2D eigenvalue weighted by molar-refractivity contribution is 7.80. The van der Waals surface area contributed by atoms with Gasteiger partial charge in [0.1, 0.15) is 0 Å². The van der Waals surface area contributed by atoms with Crippen molar-refractivity contribution in [2.75, 3.05) is 5.32 Å². The molecule has 0 aliphatic carbocycles. The molecule has 3 rings (SSSR count). The van der Waals surface area contributed by atoms with Crippen molar-refractivity contribution in [2.24, 2.45) is 0 Å². The molecule has 26 heavy (non-hydrogen) atoms. The summed E-state index contributed by atoms with van der Waals surface area (Å²) in [7, 11) is 0. The van der Waals surface area contributed by atoms with Crippen molar-refractivity contribution < 1.29 is 9.72 Å². The maximum atomic E-state index is 12.3. The Morgan fingerprint density at radius 3 is 2.65 bits per heavy atom. The first-order chi connectivity index (χ1) is 12.3. The summed E-state index contributed by atoms with van der Waals surface area (Å²) in [5.41, 5.74) is 1.74. The van der Waals surface area contributed by atoms with E-state index in [2.05, 4.69) is 20.6 Å². The monoisotopic (exact) mass is 371 g/mol. The van der Waals surface area contributed by atoms with Crippen LogP contribution < -0.4 is 16.3 Å². The van der Waals surface area contributed by atoms with E-state index < -0.39 is 10.8 Å². The Balaban J connectivity index is 1.75. The van der Waals surface area contributed by atoms with Crippen LogP contribution in [0.25, 0.3) is 11.0 Å². The smallest absolute Gasteiger partial charge is 0.323 e. The summed E-state index contributed by atoms with van der Waals surface area (Å²) in [6.07, 6.45) is 0. The van der Waals surface area contributed by atoms with Gasteiger partial charge in [0.15, 0.2) is 5.11 Å². The Morgan fingerprint density at radius 2 is 1.92 bits per heavy atom. The van der Waals surface area contributed by atoms with Crippen molar-refractivity contribution in [1.29, 1.82) is 0 Å². The van der Waals surface area contributed by atoms with E-state index in [4.69, 9.17) is 12.2 Å². The third kappa shape index (κ3) is 3.44. The molecule has 1 amide bonds. The first kappa shape index (κ1) is 17.3. The number of hydrogen-bond acceptors (Lipinski definition) is 5. The molecule has 1 heterocycles. The number of H-pyrrole nitrogens is 2. The summed E-state index contributed by atoms with van der Waals surface area (Å²) >= 11 is 5.11. The zero-order valence-corrected chi connectivity index (χ0v) is 14.3. The second-order valence-corrected chi connectivity index (χ2v) is 5.86. The van der Waals surface area contributed by atoms with Crippen LogP contribution in [0.2, 0.25) is 0 Å². The zero-order valence-electron chi connectivity index (χ0n) is 13.5. The molecule has 0 saturated heterocycles. The van der Waals surface area contributed by atoms with Gasteiger partial charge in [-0.2, -0.15) is 0 Å². The average Bonchev–Trinajstić information content (AvgIpc) is 2.93. The van der Waals surface area contributed by atoms with Gasteiger partial charge in [0.25, 0.3) is 11.6 Å². The van der Waals surface area contributed by atoms with Gasteiger partial charge in [0.05, 0.1) is 16.0 Å². The highest BCUT2D eigenvalue weighted by Crippen LogP contribution is 2.21. The Labute approximate surface area is 151 Å². The second-order valence-electron chi connectivity index (χ2n) is 5.45. The van der Waals surface area contributed by atoms with Gasteiger partial charge in [-0.15, -0.1) is 0 Å². The van der Waals surface area contributed by atoms with Crippen LogP contribution in [0.4, 0.5) is 11.4 Å². The minimum absolute atomic E-state index is 0.0261. The predicted molar refractivity (Wildman–Crippen MR) is 100 cm³/mol. The van der Waals surface area contributed by atoms with Crippen LogP contribution in [0.5, 0.6) is 0 Å². The van der Waals surface area contributed by atoms with Crippen molar-refractivity contribution in [1.82, 2.24) is 15.3 Å². The second kappa shape index (κ2) is 6.76. The van der Waals surface area contributed by atoms with Gasteiger partial charge in [-0.1, -0.05) is 6.07 Å². The molecule has 0 atom stereocenters. The number of nitrogens with one attached hydrogen (secondary N) is 4. The summed E-state index contributed by atoms with van der Waals surface area (Å²) < 4.78 is 0. The number of nitrogens with zero attached hydrogens (tertiary/aromatic N) is 1. The highest BCUT2D eigenvalue weighted by Gasteiger charge is 2.18. The summed E-state index contributed by atoms with van der Waals surface area (Å²) in [4.78, 5) is 39.3. The minimum Gasteiger partial charge on any atom is -0.332 e. The number of carbonyl (C=O) groups is 1. The van der Waals surface area contributed by atoms with E-state index in [-0.39, 0.29) is 27.6 Å². The van der Waals surface area contributed by atoms with E-state index in [9.17, 15) is 19.7 Å². The molecular weight excluding hydrogens is 358 g/mol. The number of aromatic nitrogens is 2. The Bertz CT molecular complexity index is 1100. The number of thiocarbonyl (C=S) groups is 1. The van der Waals surface area contributed by atoms with Crippen LogP contribution in [0.15, 0.2) is 41.2 Å². The number of amides is 1. The number of nitro benzene ring substituents is 1. The number of hydrogen-bond donors (Lipinski definition) is 4. The van der Waals surface area contributed by atoms with E-state index in [1.165, 1.54) is 25.1 Å². The fraction of sp³-hybridized carbons (Fsp3) is 0.0625. The summed E-state index contributed by atoms with van der Waals surface area (Å²) in [6, 6.07) is 9.28. The molecule has 0 aliphatic rings. The number of benzene rings is 2. The Morgan fingerprint density at radius 1 is 1.19 bits per heavy atom. The molecule has 2 aromatic carbocycles. The molecule has 0 bridgehead atoms. The van der Waals surface area contributed by atoms with Gasteiger partial charge >= 0.3 is 5.69 Å². The van der Waals surface area contributed by atoms with Crippen LogP contribution in [-0.2, 0) is 0 Å². The van der Waals surface area contributed by atoms with Gasteiger partial charge < -0.3 is 15.3 Å². The molecule has 9 nitrogen and oxygen atoms in total. The van der Waals surface area contributed by atoms with E-state index in [1.807, 2.05) is 0 Å². The molecule has 0 fully saturated rings. The maximum Gasteiger partial charge on any atom is 0.323 e. The highest BCUT2D eigenvalue weighted by atomic mass is 32.1. The first-order valence-electron chi connectivity index (χ1n) is 7.43. The average molecular weight is 371 g/mol. The van der Waals surface area contributed by atoms with Crippen LogP contribution in [0.3, 0.4) is 0 Å². The van der Waals surface area contributed by atoms with Crippen LogP contribution in [0.1, 0.15) is 15.9 Å². The van der Waals surface area contributed by atoms with Gasteiger partial charge in [-0.25, -0.2) is 4.79 Å². The third-order valence-corrected chi connectivity index (χ3v) is 3.95. The van der Waals surface area contributed by atoms with E-state index in [0.29, 0.717) is 16.7 Å². The quantitative estimate of drug-likeness (QED) is 0.317. The van der Waals surface area contributed by atoms with Crippen LogP contribution in [-0.4, -0.2) is 25.9 Å². The van der Waals surface area contributed by atoms with Gasteiger partial charge in [-0.3, -0.25) is 20.2 Å². The topological polar surface area (TPSA) is 133 Å². The number of anilines is 1. The lowest BCUT2D eigenvalue weighted by atomic mass is 10.1. The summed E-state index contributed by atoms with van der Waals surface area (Å²) in [5, 5.41) is 16.3. The number of rotatable bonds is 3. The number of nitro groups is 1. The molecule has 0 unspecified atom stereocenters. The molecule has 0 spiro atoms. The lowest BCUT2D eigenvalue weighted by molar-refractivity contribution is -0.385. The van der Waals surface area contributed by atoms with Crippen molar-refractivity contribution in [3.05, 3.63) is 68.1 Å². The molecule has 1 aromatic heterocycles. The molecule has 3 aromatic rings. The number of aromatic amines is 2. The van der Waals surface area contributed by atoms with E-state index in [0.717, 1.165) is 0 Å². The molecule has 10 heteroatoms. The predicted octanol–water partition coefficient (Wildman–Crippen LogP) is 2.20. The Hall–Kier alpha value is -3.53. The van der Waals surface area contributed by atoms with Gasteiger partial charge in [0.2, 0.25) is 0 Å². The third-order valence-electron chi connectivity index (χ3n) is 3.75. The number of carbonyl (C=O) groups excluding carboxylic acids is 1. The van der Waals surface area contributed by atoms with E-state index >= 15 is 0 Å². The van der Waals surface area contributed by atoms with Crippen molar-refractivity contribution in [3.8, 4) is 0 Å². The van der Waals surface area contributed by atoms with Crippen molar-refractivity contribution in [3.63, 3.8) is 0 Å². The summed E-state index contributed by atoms with van der Waals surface area (Å²) in [6.45, 7) is 1.50. The molecule has 0 saturated carbocycles. The lowest BCUT2D eigenvalue weighted by Crippen LogP contribution is -2.34. The van der Waals surface area contributed by atoms with Crippen LogP contribution >= 0.6 is 12.2 Å². The SMILES string of the molecule is Cc1c(C(=O)NC(=S)Nc2ccc3[nH]c(=O)[nH]c3c2)cccc1[N+](=O)[O-]. The lowest BCUT2D eigenvalue weighted by Gasteiger charge is -2.11. The van der Waals surface area contributed by atoms with Crippen LogP contribution in [0, 0.1) is 17.0 Å².